The van der Waals surface area contributed by atoms with Gasteiger partial charge in [0.25, 0.3) is 11.8 Å². The van der Waals surface area contributed by atoms with E-state index in [4.69, 9.17) is 4.84 Å². The van der Waals surface area contributed by atoms with Crippen molar-refractivity contribution in [2.45, 2.75) is 25.3 Å². The first-order chi connectivity index (χ1) is 13.9. The number of alkyl halides is 2. The van der Waals surface area contributed by atoms with E-state index in [9.17, 15) is 18.0 Å². The largest absolute Gasteiger partial charge is 0.343 e. The summed E-state index contributed by atoms with van der Waals surface area (Å²) in [6, 6.07) is 6.40. The fourth-order valence-electron chi connectivity index (χ4n) is 3.44. The maximum atomic E-state index is 14.3. The van der Waals surface area contributed by atoms with Crippen LogP contribution in [0.3, 0.4) is 0 Å². The number of benzene rings is 1. The molecule has 1 saturated heterocycles. The summed E-state index contributed by atoms with van der Waals surface area (Å²) < 4.78 is 43.5. The quantitative estimate of drug-likeness (QED) is 0.661. The summed E-state index contributed by atoms with van der Waals surface area (Å²) >= 11 is 0. The van der Waals surface area contributed by atoms with Gasteiger partial charge in [-0.05, 0) is 30.7 Å². The van der Waals surface area contributed by atoms with E-state index >= 15 is 0 Å². The van der Waals surface area contributed by atoms with Crippen molar-refractivity contribution < 1.29 is 22.8 Å². The predicted molar refractivity (Wildman–Crippen MR) is 98.1 cm³/mol. The highest BCUT2D eigenvalue weighted by Crippen LogP contribution is 2.43. The van der Waals surface area contributed by atoms with Crippen molar-refractivity contribution in [3.05, 3.63) is 59.7 Å². The molecule has 0 spiro atoms. The number of carbonyl (C=O) groups excluding carboxylic acids is 1. The van der Waals surface area contributed by atoms with Crippen molar-refractivity contribution in [1.29, 1.82) is 0 Å². The molecular weight excluding hydrogens is 387 g/mol. The van der Waals surface area contributed by atoms with Crippen LogP contribution in [-0.2, 0) is 4.84 Å². The Morgan fingerprint density at radius 3 is 2.97 bits per heavy atom. The number of nitrogens with one attached hydrogen (secondary N) is 1. The average molecular weight is 405 g/mol. The number of rotatable bonds is 5. The lowest BCUT2D eigenvalue weighted by atomic mass is 10.0. The SMILES string of the molecule is CCONC(=O)c1cnn2ccc(N3CC(F)(F)CC3c3cccc(F)c3)nc12. The summed E-state index contributed by atoms with van der Waals surface area (Å²) in [5.74, 6) is -3.75. The first kappa shape index (κ1) is 19.2. The van der Waals surface area contributed by atoms with Gasteiger partial charge in [0, 0.05) is 12.6 Å². The topological polar surface area (TPSA) is 71.8 Å². The molecule has 4 rings (SSSR count). The van der Waals surface area contributed by atoms with Gasteiger partial charge in [-0.3, -0.25) is 9.63 Å². The normalized spacial score (nSPS) is 18.3. The molecule has 3 heterocycles. The summed E-state index contributed by atoms with van der Waals surface area (Å²) in [6.45, 7) is 1.43. The highest BCUT2D eigenvalue weighted by molar-refractivity contribution is 5.99. The Bertz CT molecular complexity index is 1060. The Morgan fingerprint density at radius 2 is 2.21 bits per heavy atom. The van der Waals surface area contributed by atoms with Crippen molar-refractivity contribution in [2.75, 3.05) is 18.1 Å². The predicted octanol–water partition coefficient (Wildman–Crippen LogP) is 3.14. The number of nitrogens with zero attached hydrogens (tertiary/aromatic N) is 4. The minimum Gasteiger partial charge on any atom is -0.343 e. The maximum Gasteiger partial charge on any atom is 0.280 e. The van der Waals surface area contributed by atoms with E-state index in [1.54, 1.807) is 13.0 Å². The molecule has 3 aromatic rings. The van der Waals surface area contributed by atoms with Crippen LogP contribution in [0.25, 0.3) is 5.65 Å². The van der Waals surface area contributed by atoms with Crippen molar-refractivity contribution in [1.82, 2.24) is 20.1 Å². The van der Waals surface area contributed by atoms with Gasteiger partial charge in [-0.1, -0.05) is 12.1 Å². The van der Waals surface area contributed by atoms with Gasteiger partial charge in [-0.25, -0.2) is 28.2 Å². The highest BCUT2D eigenvalue weighted by Gasteiger charge is 2.46. The first-order valence-electron chi connectivity index (χ1n) is 9.04. The zero-order chi connectivity index (χ0) is 20.6. The molecule has 0 radical (unpaired) electrons. The molecule has 1 unspecified atom stereocenters. The van der Waals surface area contributed by atoms with E-state index < -0.39 is 36.7 Å². The van der Waals surface area contributed by atoms with Gasteiger partial charge in [0.1, 0.15) is 17.2 Å². The zero-order valence-corrected chi connectivity index (χ0v) is 15.5. The molecule has 152 valence electrons. The summed E-state index contributed by atoms with van der Waals surface area (Å²) in [5, 5.41) is 4.05. The molecule has 10 heteroatoms. The molecule has 1 aromatic carbocycles. The number of hydroxylamine groups is 1. The number of aromatic nitrogens is 3. The molecule has 1 amide bonds. The minimum absolute atomic E-state index is 0.147. The molecule has 7 nitrogen and oxygen atoms in total. The lowest BCUT2D eigenvalue weighted by Gasteiger charge is -2.25. The van der Waals surface area contributed by atoms with E-state index in [-0.39, 0.29) is 23.6 Å². The third-order valence-corrected chi connectivity index (χ3v) is 4.71. The third kappa shape index (κ3) is 3.75. The third-order valence-electron chi connectivity index (χ3n) is 4.71. The summed E-state index contributed by atoms with van der Waals surface area (Å²) in [7, 11) is 0. The molecule has 1 N–H and O–H groups in total. The van der Waals surface area contributed by atoms with Gasteiger partial charge in [0.15, 0.2) is 5.65 Å². The molecule has 29 heavy (non-hydrogen) atoms. The molecule has 1 aliphatic heterocycles. The second-order valence-electron chi connectivity index (χ2n) is 6.74. The second kappa shape index (κ2) is 7.36. The fourth-order valence-corrected chi connectivity index (χ4v) is 3.44. The molecule has 2 aromatic heterocycles. The summed E-state index contributed by atoms with van der Waals surface area (Å²) in [5.41, 5.74) is 3.05. The van der Waals surface area contributed by atoms with E-state index in [0.717, 1.165) is 0 Å². The van der Waals surface area contributed by atoms with E-state index in [1.807, 2.05) is 0 Å². The van der Waals surface area contributed by atoms with Gasteiger partial charge >= 0.3 is 0 Å². The highest BCUT2D eigenvalue weighted by atomic mass is 19.3. The molecular formula is C19H18F3N5O2. The number of anilines is 1. The van der Waals surface area contributed by atoms with Crippen molar-refractivity contribution in [2.24, 2.45) is 0 Å². The van der Waals surface area contributed by atoms with Gasteiger partial charge in [-0.15, -0.1) is 0 Å². The van der Waals surface area contributed by atoms with Crippen LogP contribution in [0.1, 0.15) is 35.3 Å². The number of carbonyl (C=O) groups is 1. The Balaban J connectivity index is 1.73. The van der Waals surface area contributed by atoms with Crippen molar-refractivity contribution in [3.8, 4) is 0 Å². The Hall–Kier alpha value is -3.14. The Kier molecular flexibility index (Phi) is 4.87. The van der Waals surface area contributed by atoms with Crippen LogP contribution >= 0.6 is 0 Å². The smallest absolute Gasteiger partial charge is 0.280 e. The monoisotopic (exact) mass is 405 g/mol. The molecule has 1 aliphatic rings. The number of halogens is 3. The average Bonchev–Trinajstić information content (AvgIpc) is 3.26. The van der Waals surface area contributed by atoms with Crippen LogP contribution in [-0.4, -0.2) is 39.6 Å². The van der Waals surface area contributed by atoms with Gasteiger partial charge < -0.3 is 4.90 Å². The maximum absolute atomic E-state index is 14.3. The molecule has 1 fully saturated rings. The van der Waals surface area contributed by atoms with Gasteiger partial charge in [-0.2, -0.15) is 5.10 Å². The second-order valence-corrected chi connectivity index (χ2v) is 6.74. The van der Waals surface area contributed by atoms with E-state index in [0.29, 0.717) is 5.56 Å². The molecule has 0 aliphatic carbocycles. The van der Waals surface area contributed by atoms with Gasteiger partial charge in [0.2, 0.25) is 0 Å². The standard InChI is InChI=1S/C19H18F3N5O2/c1-2-29-25-18(28)14-10-23-27-7-6-16(24-17(14)27)26-11-19(21,22)9-15(26)12-4-3-5-13(20)8-12/h3-8,10,15H,2,9,11H2,1H3,(H,25,28). The van der Waals surface area contributed by atoms with Crippen molar-refractivity contribution >= 4 is 17.4 Å². The van der Waals surface area contributed by atoms with Crippen molar-refractivity contribution in [3.63, 3.8) is 0 Å². The Morgan fingerprint density at radius 1 is 1.38 bits per heavy atom. The van der Waals surface area contributed by atoms with Gasteiger partial charge in [0.05, 0.1) is 25.4 Å². The first-order valence-corrected chi connectivity index (χ1v) is 9.04. The van der Waals surface area contributed by atoms with Crippen LogP contribution in [0.4, 0.5) is 19.0 Å². The number of fused-ring (bicyclic) bond motifs is 1. The van der Waals surface area contributed by atoms with Crippen LogP contribution in [0.2, 0.25) is 0 Å². The van der Waals surface area contributed by atoms with Crippen LogP contribution in [0.15, 0.2) is 42.7 Å². The number of hydrogen-bond acceptors (Lipinski definition) is 5. The van der Waals surface area contributed by atoms with Crippen LogP contribution in [0.5, 0.6) is 0 Å². The van der Waals surface area contributed by atoms with Crippen LogP contribution < -0.4 is 10.4 Å². The van der Waals surface area contributed by atoms with E-state index in [2.05, 4.69) is 15.6 Å². The minimum atomic E-state index is -2.96. The Labute approximate surface area is 164 Å². The molecule has 0 saturated carbocycles. The fraction of sp³-hybridized carbons (Fsp3) is 0.316. The number of hydrogen-bond donors (Lipinski definition) is 1. The lowest BCUT2D eigenvalue weighted by molar-refractivity contribution is 0.0222. The zero-order valence-electron chi connectivity index (χ0n) is 15.5. The molecule has 0 bridgehead atoms. The number of amides is 1. The molecule has 1 atom stereocenters. The van der Waals surface area contributed by atoms with Crippen LogP contribution in [0, 0.1) is 5.82 Å². The van der Waals surface area contributed by atoms with E-state index in [1.165, 1.54) is 46.1 Å². The lowest BCUT2D eigenvalue weighted by Crippen LogP contribution is -2.27. The summed E-state index contributed by atoms with van der Waals surface area (Å²) in [6.07, 6.45) is 2.40. The summed E-state index contributed by atoms with van der Waals surface area (Å²) in [4.78, 5) is 23.0.